The largest absolute Gasteiger partial charge is 0.305 e. The summed E-state index contributed by atoms with van der Waals surface area (Å²) < 4.78 is 0. The Labute approximate surface area is 135 Å². The Morgan fingerprint density at radius 3 is 2.05 bits per heavy atom. The summed E-state index contributed by atoms with van der Waals surface area (Å²) in [6, 6.07) is 8.89. The number of rotatable bonds is 5. The zero-order valence-electron chi connectivity index (χ0n) is 14.8. The van der Waals surface area contributed by atoms with E-state index in [2.05, 4.69) is 71.0 Å². The van der Waals surface area contributed by atoms with Crippen LogP contribution in [0, 0.1) is 13.8 Å². The first-order valence-electron chi connectivity index (χ1n) is 8.20. The predicted molar refractivity (Wildman–Crippen MR) is 95.3 cm³/mol. The fourth-order valence-electron chi connectivity index (χ4n) is 3.11. The van der Waals surface area contributed by atoms with Gasteiger partial charge >= 0.3 is 0 Å². The maximum Gasteiger partial charge on any atom is 0.0713 e. The van der Waals surface area contributed by atoms with Crippen molar-refractivity contribution in [1.82, 2.24) is 9.88 Å². The van der Waals surface area contributed by atoms with Crippen LogP contribution >= 0.6 is 0 Å². The van der Waals surface area contributed by atoms with E-state index in [4.69, 9.17) is 4.98 Å². The molecule has 2 rings (SSSR count). The lowest BCUT2D eigenvalue weighted by Crippen LogP contribution is -2.14. The molecule has 0 saturated carbocycles. The van der Waals surface area contributed by atoms with Crippen LogP contribution in [0.2, 0.25) is 0 Å². The molecule has 1 heterocycles. The van der Waals surface area contributed by atoms with Gasteiger partial charge in [0.05, 0.1) is 5.69 Å². The first kappa shape index (κ1) is 16.7. The van der Waals surface area contributed by atoms with E-state index in [-0.39, 0.29) is 0 Å². The Hall–Kier alpha value is -1.67. The minimum absolute atomic E-state index is 0.945. The minimum Gasteiger partial charge on any atom is -0.305 e. The first-order valence-corrected chi connectivity index (χ1v) is 8.20. The topological polar surface area (TPSA) is 16.1 Å². The first-order chi connectivity index (χ1) is 10.5. The highest BCUT2D eigenvalue weighted by Gasteiger charge is 2.14. The average Bonchev–Trinajstić information content (AvgIpc) is 2.49. The monoisotopic (exact) mass is 296 g/mol. The Morgan fingerprint density at radius 1 is 1.00 bits per heavy atom. The van der Waals surface area contributed by atoms with E-state index in [1.807, 2.05) is 0 Å². The standard InChI is InChI=1S/C20H28N2/c1-7-16-10-9-11-17(8-2)20(16)19-12-14(3)18(13-22(5)6)15(4)21-19/h9-12H,7-8,13H2,1-6H3. The van der Waals surface area contributed by atoms with E-state index in [0.717, 1.165) is 30.8 Å². The van der Waals surface area contributed by atoms with Crippen molar-refractivity contribution >= 4 is 0 Å². The zero-order chi connectivity index (χ0) is 16.3. The Kier molecular flexibility index (Phi) is 5.36. The smallest absolute Gasteiger partial charge is 0.0713 e. The number of benzene rings is 1. The summed E-state index contributed by atoms with van der Waals surface area (Å²) in [6.45, 7) is 9.73. The fourth-order valence-corrected chi connectivity index (χ4v) is 3.11. The van der Waals surface area contributed by atoms with Crippen LogP contribution in [0.25, 0.3) is 11.3 Å². The number of hydrogen-bond donors (Lipinski definition) is 0. The Morgan fingerprint density at radius 2 is 1.59 bits per heavy atom. The summed E-state index contributed by atoms with van der Waals surface area (Å²) in [7, 11) is 4.21. The maximum atomic E-state index is 4.95. The van der Waals surface area contributed by atoms with Crippen LogP contribution < -0.4 is 0 Å². The van der Waals surface area contributed by atoms with Crippen molar-refractivity contribution in [2.24, 2.45) is 0 Å². The van der Waals surface area contributed by atoms with E-state index >= 15 is 0 Å². The molecule has 0 N–H and O–H groups in total. The molecular formula is C20H28N2. The van der Waals surface area contributed by atoms with E-state index in [9.17, 15) is 0 Å². The third kappa shape index (κ3) is 3.38. The molecule has 2 aromatic rings. The molecule has 0 spiro atoms. The molecule has 118 valence electrons. The molecule has 0 amide bonds. The molecule has 1 aromatic heterocycles. The van der Waals surface area contributed by atoms with Crippen LogP contribution in [0.15, 0.2) is 24.3 Å². The average molecular weight is 296 g/mol. The van der Waals surface area contributed by atoms with Gasteiger partial charge in [-0.05, 0) is 69.1 Å². The van der Waals surface area contributed by atoms with Gasteiger partial charge in [-0.25, -0.2) is 0 Å². The lowest BCUT2D eigenvalue weighted by Gasteiger charge is -2.18. The summed E-state index contributed by atoms with van der Waals surface area (Å²) in [5.74, 6) is 0. The van der Waals surface area contributed by atoms with Crippen molar-refractivity contribution in [3.8, 4) is 11.3 Å². The van der Waals surface area contributed by atoms with Crippen molar-refractivity contribution < 1.29 is 0 Å². The van der Waals surface area contributed by atoms with Gasteiger partial charge in [0.15, 0.2) is 0 Å². The molecule has 0 radical (unpaired) electrons. The second-order valence-electron chi connectivity index (χ2n) is 6.28. The van der Waals surface area contributed by atoms with Crippen molar-refractivity contribution in [2.75, 3.05) is 14.1 Å². The lowest BCUT2D eigenvalue weighted by atomic mass is 9.93. The van der Waals surface area contributed by atoms with E-state index in [1.54, 1.807) is 0 Å². The molecule has 2 heteroatoms. The molecule has 0 saturated heterocycles. The molecule has 0 aliphatic carbocycles. The molecule has 0 fully saturated rings. The molecular weight excluding hydrogens is 268 g/mol. The summed E-state index contributed by atoms with van der Waals surface area (Å²) in [4.78, 5) is 7.15. The van der Waals surface area contributed by atoms with Crippen molar-refractivity contribution in [3.05, 3.63) is 52.2 Å². The minimum atomic E-state index is 0.945. The quantitative estimate of drug-likeness (QED) is 0.804. The molecule has 0 aliphatic heterocycles. The van der Waals surface area contributed by atoms with Gasteiger partial charge in [0.1, 0.15) is 0 Å². The molecule has 2 nitrogen and oxygen atoms in total. The Bertz CT molecular complexity index is 611. The number of nitrogens with zero attached hydrogens (tertiary/aromatic N) is 2. The van der Waals surface area contributed by atoms with Crippen molar-refractivity contribution in [3.63, 3.8) is 0 Å². The summed E-state index contributed by atoms with van der Waals surface area (Å²) in [5.41, 5.74) is 9.10. The third-order valence-corrected chi connectivity index (χ3v) is 4.28. The van der Waals surface area contributed by atoms with Crippen LogP contribution in [0.5, 0.6) is 0 Å². The van der Waals surface area contributed by atoms with Crippen LogP contribution in [0.4, 0.5) is 0 Å². The van der Waals surface area contributed by atoms with Crippen molar-refractivity contribution in [2.45, 2.75) is 47.1 Å². The second kappa shape index (κ2) is 7.06. The number of hydrogen-bond acceptors (Lipinski definition) is 2. The molecule has 1 aromatic carbocycles. The lowest BCUT2D eigenvalue weighted by molar-refractivity contribution is 0.400. The van der Waals surface area contributed by atoms with Gasteiger partial charge in [0, 0.05) is 17.8 Å². The number of aryl methyl sites for hydroxylation is 4. The van der Waals surface area contributed by atoms with Gasteiger partial charge in [-0.15, -0.1) is 0 Å². The summed E-state index contributed by atoms with van der Waals surface area (Å²) in [6.07, 6.45) is 2.09. The molecule has 0 unspecified atom stereocenters. The summed E-state index contributed by atoms with van der Waals surface area (Å²) >= 11 is 0. The van der Waals surface area contributed by atoms with Crippen LogP contribution in [0.3, 0.4) is 0 Å². The van der Waals surface area contributed by atoms with Crippen molar-refractivity contribution in [1.29, 1.82) is 0 Å². The van der Waals surface area contributed by atoms with Gasteiger partial charge in [0.2, 0.25) is 0 Å². The second-order valence-corrected chi connectivity index (χ2v) is 6.28. The van der Waals surface area contributed by atoms with Crippen LogP contribution in [-0.4, -0.2) is 24.0 Å². The predicted octanol–water partition coefficient (Wildman–Crippen LogP) is 4.55. The van der Waals surface area contributed by atoms with Crippen LogP contribution in [-0.2, 0) is 19.4 Å². The molecule has 0 atom stereocenters. The molecule has 22 heavy (non-hydrogen) atoms. The highest BCUT2D eigenvalue weighted by molar-refractivity contribution is 5.69. The van der Waals surface area contributed by atoms with E-state index in [1.165, 1.54) is 27.8 Å². The molecule has 0 bridgehead atoms. The number of pyridine rings is 1. The van der Waals surface area contributed by atoms with E-state index in [0.29, 0.717) is 0 Å². The highest BCUT2D eigenvalue weighted by Crippen LogP contribution is 2.30. The normalized spacial score (nSPS) is 11.2. The van der Waals surface area contributed by atoms with Gasteiger partial charge in [-0.3, -0.25) is 4.98 Å². The highest BCUT2D eigenvalue weighted by atomic mass is 15.0. The van der Waals surface area contributed by atoms with E-state index < -0.39 is 0 Å². The third-order valence-electron chi connectivity index (χ3n) is 4.28. The molecule has 0 aliphatic rings. The van der Waals surface area contributed by atoms with Crippen LogP contribution in [0.1, 0.15) is 41.8 Å². The maximum absolute atomic E-state index is 4.95. The fraction of sp³-hybridized carbons (Fsp3) is 0.450. The zero-order valence-corrected chi connectivity index (χ0v) is 14.8. The SMILES string of the molecule is CCc1cccc(CC)c1-c1cc(C)c(CN(C)C)c(C)n1. The Balaban J connectivity index is 2.60. The van der Waals surface area contributed by atoms with Gasteiger partial charge in [0.25, 0.3) is 0 Å². The van der Waals surface area contributed by atoms with Gasteiger partial charge in [-0.1, -0.05) is 32.0 Å². The van der Waals surface area contributed by atoms with Gasteiger partial charge in [-0.2, -0.15) is 0 Å². The number of aromatic nitrogens is 1. The van der Waals surface area contributed by atoms with Gasteiger partial charge < -0.3 is 4.90 Å². The summed E-state index contributed by atoms with van der Waals surface area (Å²) in [5, 5.41) is 0.